The molecule has 0 bridgehead atoms. The number of nitrogens with one attached hydrogen (secondary N) is 1. The normalized spacial score (nSPS) is 26.5. The highest BCUT2D eigenvalue weighted by atomic mass is 16.1. The van der Waals surface area contributed by atoms with Gasteiger partial charge in [-0.05, 0) is 43.9 Å². The van der Waals surface area contributed by atoms with E-state index in [1.165, 1.54) is 12.8 Å². The predicted octanol–water partition coefficient (Wildman–Crippen LogP) is 2.45. The molecule has 100 valence electrons. The monoisotopic (exact) mass is 240 g/mol. The molecular weight excluding hydrogens is 212 g/mol. The molecule has 17 heavy (non-hydrogen) atoms. The molecule has 0 heterocycles. The highest BCUT2D eigenvalue weighted by Gasteiger charge is 2.19. The second-order valence-corrected chi connectivity index (χ2v) is 5.64. The topological polar surface area (TPSA) is 55.1 Å². The van der Waals surface area contributed by atoms with Gasteiger partial charge < -0.3 is 11.1 Å². The van der Waals surface area contributed by atoms with Crippen LogP contribution in [0.3, 0.4) is 0 Å². The fourth-order valence-corrected chi connectivity index (χ4v) is 2.33. The Morgan fingerprint density at radius 1 is 1.35 bits per heavy atom. The Bertz CT molecular complexity index is 222. The summed E-state index contributed by atoms with van der Waals surface area (Å²) in [6.07, 6.45) is 7.55. The van der Waals surface area contributed by atoms with Crippen molar-refractivity contribution in [1.82, 2.24) is 5.32 Å². The van der Waals surface area contributed by atoms with Crippen molar-refractivity contribution in [3.63, 3.8) is 0 Å². The molecule has 3 heteroatoms. The maximum atomic E-state index is 11.6. The van der Waals surface area contributed by atoms with E-state index < -0.39 is 0 Å². The first-order valence-corrected chi connectivity index (χ1v) is 7.14. The molecule has 0 aliphatic heterocycles. The van der Waals surface area contributed by atoms with Gasteiger partial charge in [0.2, 0.25) is 5.91 Å². The van der Waals surface area contributed by atoms with Gasteiger partial charge in [0.1, 0.15) is 0 Å². The lowest BCUT2D eigenvalue weighted by molar-refractivity contribution is -0.121. The van der Waals surface area contributed by atoms with Crippen LogP contribution in [-0.4, -0.2) is 18.5 Å². The molecule has 0 spiro atoms. The molecule has 0 saturated heterocycles. The highest BCUT2D eigenvalue weighted by Crippen LogP contribution is 2.26. The summed E-state index contributed by atoms with van der Waals surface area (Å²) >= 11 is 0. The summed E-state index contributed by atoms with van der Waals surface area (Å²) < 4.78 is 0. The second kappa shape index (κ2) is 7.70. The van der Waals surface area contributed by atoms with Crippen molar-refractivity contribution in [3.8, 4) is 0 Å². The van der Waals surface area contributed by atoms with Gasteiger partial charge in [-0.25, -0.2) is 0 Å². The van der Waals surface area contributed by atoms with E-state index >= 15 is 0 Å². The van der Waals surface area contributed by atoms with Crippen molar-refractivity contribution >= 4 is 5.91 Å². The van der Waals surface area contributed by atoms with Crippen LogP contribution in [0.5, 0.6) is 0 Å². The molecule has 1 amide bonds. The van der Waals surface area contributed by atoms with Crippen molar-refractivity contribution in [2.45, 2.75) is 64.8 Å². The molecule has 1 atom stereocenters. The molecule has 1 unspecified atom stereocenters. The van der Waals surface area contributed by atoms with Gasteiger partial charge in [0.15, 0.2) is 0 Å². The Labute approximate surface area is 106 Å². The number of rotatable bonds is 6. The van der Waals surface area contributed by atoms with E-state index in [1.807, 2.05) is 0 Å². The molecule has 0 aromatic carbocycles. The fraction of sp³-hybridized carbons (Fsp3) is 0.929. The van der Waals surface area contributed by atoms with E-state index in [4.69, 9.17) is 5.73 Å². The van der Waals surface area contributed by atoms with Crippen LogP contribution in [0.2, 0.25) is 0 Å². The Balaban J connectivity index is 2.07. The van der Waals surface area contributed by atoms with Crippen molar-refractivity contribution in [3.05, 3.63) is 0 Å². The number of amides is 1. The summed E-state index contributed by atoms with van der Waals surface area (Å²) in [5, 5.41) is 3.02. The first-order chi connectivity index (χ1) is 8.11. The third-order valence-electron chi connectivity index (χ3n) is 4.02. The van der Waals surface area contributed by atoms with Crippen molar-refractivity contribution in [2.75, 3.05) is 6.54 Å². The number of carbonyl (C=O) groups excluding carboxylic acids is 1. The number of hydrogen-bond donors (Lipinski definition) is 2. The summed E-state index contributed by atoms with van der Waals surface area (Å²) in [6, 6.07) is 0.408. The van der Waals surface area contributed by atoms with Crippen molar-refractivity contribution in [2.24, 2.45) is 17.6 Å². The van der Waals surface area contributed by atoms with Gasteiger partial charge in [-0.3, -0.25) is 4.79 Å². The first-order valence-electron chi connectivity index (χ1n) is 7.14. The van der Waals surface area contributed by atoms with E-state index in [0.29, 0.717) is 18.4 Å². The quantitative estimate of drug-likeness (QED) is 0.749. The minimum atomic E-state index is 0.222. The second-order valence-electron chi connectivity index (χ2n) is 5.64. The molecule has 1 fully saturated rings. The fourth-order valence-electron chi connectivity index (χ4n) is 2.33. The summed E-state index contributed by atoms with van der Waals surface area (Å²) in [6.45, 7) is 5.15. The van der Waals surface area contributed by atoms with Crippen molar-refractivity contribution < 1.29 is 4.79 Å². The predicted molar refractivity (Wildman–Crippen MR) is 71.6 cm³/mol. The summed E-state index contributed by atoms with van der Waals surface area (Å²) in [4.78, 5) is 11.6. The largest absolute Gasteiger partial charge is 0.356 e. The lowest BCUT2D eigenvalue weighted by Crippen LogP contribution is -2.30. The van der Waals surface area contributed by atoms with Gasteiger partial charge in [-0.2, -0.15) is 0 Å². The molecule has 3 N–H and O–H groups in total. The molecule has 1 aliphatic rings. The Hall–Kier alpha value is -0.570. The standard InChI is InChI=1S/C14H28N2O/c1-3-11(2)10-16-14(17)9-6-12-4-7-13(15)8-5-12/h11-13H,3-10,15H2,1-2H3,(H,16,17). The minimum Gasteiger partial charge on any atom is -0.356 e. The van der Waals surface area contributed by atoms with Crippen molar-refractivity contribution in [1.29, 1.82) is 0 Å². The summed E-state index contributed by atoms with van der Waals surface area (Å²) in [5.41, 5.74) is 5.87. The molecule has 1 saturated carbocycles. The van der Waals surface area contributed by atoms with Crippen LogP contribution in [0.1, 0.15) is 58.8 Å². The van der Waals surface area contributed by atoms with E-state index in [-0.39, 0.29) is 5.91 Å². The average molecular weight is 240 g/mol. The molecule has 0 radical (unpaired) electrons. The smallest absolute Gasteiger partial charge is 0.220 e. The Kier molecular flexibility index (Phi) is 6.56. The summed E-state index contributed by atoms with van der Waals surface area (Å²) in [7, 11) is 0. The SMILES string of the molecule is CCC(C)CNC(=O)CCC1CCC(N)CC1. The van der Waals surface area contributed by atoms with Crippen LogP contribution in [0.25, 0.3) is 0 Å². The van der Waals surface area contributed by atoms with Crippen LogP contribution in [0.4, 0.5) is 0 Å². The van der Waals surface area contributed by atoms with E-state index in [9.17, 15) is 4.79 Å². The number of nitrogens with two attached hydrogens (primary N) is 1. The lowest BCUT2D eigenvalue weighted by Gasteiger charge is -2.25. The van der Waals surface area contributed by atoms with Crippen LogP contribution >= 0.6 is 0 Å². The van der Waals surface area contributed by atoms with Gasteiger partial charge >= 0.3 is 0 Å². The average Bonchev–Trinajstić information content (AvgIpc) is 2.35. The van der Waals surface area contributed by atoms with Crippen LogP contribution in [0, 0.1) is 11.8 Å². The van der Waals surface area contributed by atoms with Gasteiger partial charge in [-0.15, -0.1) is 0 Å². The maximum Gasteiger partial charge on any atom is 0.220 e. The minimum absolute atomic E-state index is 0.222. The molecular formula is C14H28N2O. The molecule has 1 rings (SSSR count). The number of carbonyl (C=O) groups is 1. The third-order valence-corrected chi connectivity index (χ3v) is 4.02. The molecule has 1 aliphatic carbocycles. The lowest BCUT2D eigenvalue weighted by atomic mass is 9.84. The molecule has 3 nitrogen and oxygen atoms in total. The van der Waals surface area contributed by atoms with Crippen LogP contribution < -0.4 is 11.1 Å². The number of hydrogen-bond acceptors (Lipinski definition) is 2. The Morgan fingerprint density at radius 3 is 2.59 bits per heavy atom. The van der Waals surface area contributed by atoms with Gasteiger partial charge in [-0.1, -0.05) is 20.3 Å². The van der Waals surface area contributed by atoms with Gasteiger partial charge in [0.05, 0.1) is 0 Å². The van der Waals surface area contributed by atoms with Gasteiger partial charge in [0, 0.05) is 19.0 Å². The maximum absolute atomic E-state index is 11.6. The zero-order chi connectivity index (χ0) is 12.7. The van der Waals surface area contributed by atoms with E-state index in [0.717, 1.165) is 38.1 Å². The van der Waals surface area contributed by atoms with E-state index in [2.05, 4.69) is 19.2 Å². The zero-order valence-electron chi connectivity index (χ0n) is 11.4. The zero-order valence-corrected chi connectivity index (χ0v) is 11.4. The third kappa shape index (κ3) is 6.06. The van der Waals surface area contributed by atoms with E-state index in [1.54, 1.807) is 0 Å². The highest BCUT2D eigenvalue weighted by molar-refractivity contribution is 5.75. The van der Waals surface area contributed by atoms with Crippen LogP contribution in [0.15, 0.2) is 0 Å². The summed E-state index contributed by atoms with van der Waals surface area (Å²) in [5.74, 6) is 1.54. The van der Waals surface area contributed by atoms with Gasteiger partial charge in [0.25, 0.3) is 0 Å². The molecule has 0 aromatic heterocycles. The Morgan fingerprint density at radius 2 is 2.00 bits per heavy atom. The van der Waals surface area contributed by atoms with Crippen LogP contribution in [-0.2, 0) is 4.79 Å². The molecule has 0 aromatic rings. The first kappa shape index (κ1) is 14.5.